The van der Waals surface area contributed by atoms with Crippen LogP contribution < -0.4 is 14.9 Å². The van der Waals surface area contributed by atoms with Crippen LogP contribution in [0.5, 0.6) is 0 Å². The van der Waals surface area contributed by atoms with E-state index in [4.69, 9.17) is 23.2 Å². The van der Waals surface area contributed by atoms with E-state index in [9.17, 15) is 13.2 Å². The van der Waals surface area contributed by atoms with E-state index in [1.165, 1.54) is 11.3 Å². The Morgan fingerprint density at radius 3 is 2.30 bits per heavy atom. The Balaban J connectivity index is 1.56. The molecule has 0 aliphatic rings. The maximum Gasteiger partial charge on any atom is 0.265 e. The summed E-state index contributed by atoms with van der Waals surface area (Å²) in [4.78, 5) is 15.3. The number of nitrogens with one attached hydrogen (secondary N) is 2. The summed E-state index contributed by atoms with van der Waals surface area (Å²) in [5.74, 6) is -0.281. The molecule has 3 aromatic carbocycles. The Labute approximate surface area is 205 Å². The van der Waals surface area contributed by atoms with Crippen LogP contribution in [0, 0.1) is 0 Å². The van der Waals surface area contributed by atoms with E-state index in [0.29, 0.717) is 26.3 Å². The highest BCUT2D eigenvalue weighted by molar-refractivity contribution is 7.92. The topological polar surface area (TPSA) is 78.5 Å². The second-order valence-corrected chi connectivity index (χ2v) is 11.1. The zero-order chi connectivity index (χ0) is 23.8. The molecule has 0 unspecified atom stereocenters. The van der Waals surface area contributed by atoms with Crippen molar-refractivity contribution in [1.29, 1.82) is 0 Å². The van der Waals surface area contributed by atoms with Crippen LogP contribution in [0.15, 0.2) is 66.7 Å². The number of sulfonamides is 1. The van der Waals surface area contributed by atoms with Crippen LogP contribution in [-0.4, -0.2) is 27.6 Å². The lowest BCUT2D eigenvalue weighted by Gasteiger charge is -2.21. The third-order valence-corrected chi connectivity index (χ3v) is 6.98. The maximum absolute atomic E-state index is 12.9. The van der Waals surface area contributed by atoms with Gasteiger partial charge >= 0.3 is 0 Å². The van der Waals surface area contributed by atoms with Crippen LogP contribution in [-0.2, 0) is 10.0 Å². The van der Waals surface area contributed by atoms with E-state index in [1.807, 2.05) is 36.2 Å². The van der Waals surface area contributed by atoms with Crippen molar-refractivity contribution in [2.45, 2.75) is 0 Å². The molecule has 0 radical (unpaired) electrons. The molecule has 0 aliphatic heterocycles. The zero-order valence-corrected chi connectivity index (χ0v) is 20.7. The fraction of sp³-hybridized carbons (Fsp3) is 0.0870. The van der Waals surface area contributed by atoms with Gasteiger partial charge in [0.2, 0.25) is 10.0 Å². The third kappa shape index (κ3) is 5.78. The van der Waals surface area contributed by atoms with E-state index < -0.39 is 10.0 Å². The number of rotatable bonds is 6. The highest BCUT2D eigenvalue weighted by atomic mass is 35.5. The molecule has 33 heavy (non-hydrogen) atoms. The minimum Gasteiger partial charge on any atom is -0.345 e. The number of halogens is 2. The van der Waals surface area contributed by atoms with Crippen LogP contribution in [0.25, 0.3) is 10.1 Å². The predicted molar refractivity (Wildman–Crippen MR) is 139 cm³/mol. The van der Waals surface area contributed by atoms with E-state index >= 15 is 0 Å². The van der Waals surface area contributed by atoms with Crippen molar-refractivity contribution < 1.29 is 13.2 Å². The molecule has 0 fully saturated rings. The summed E-state index contributed by atoms with van der Waals surface area (Å²) < 4.78 is 26.2. The van der Waals surface area contributed by atoms with Gasteiger partial charge in [-0.3, -0.25) is 9.52 Å². The van der Waals surface area contributed by atoms with Gasteiger partial charge in [0, 0.05) is 44.5 Å². The number of hydrogen-bond acceptors (Lipinski definition) is 5. The molecule has 170 valence electrons. The van der Waals surface area contributed by atoms with Gasteiger partial charge in [-0.1, -0.05) is 23.2 Å². The van der Waals surface area contributed by atoms with Crippen molar-refractivity contribution >= 4 is 83.3 Å². The Morgan fingerprint density at radius 2 is 1.61 bits per heavy atom. The lowest BCUT2D eigenvalue weighted by molar-refractivity contribution is 0.103. The minimum atomic E-state index is -3.38. The summed E-state index contributed by atoms with van der Waals surface area (Å²) in [6.07, 6.45) is 1.09. The first-order valence-corrected chi connectivity index (χ1v) is 13.2. The molecule has 0 aliphatic carbocycles. The van der Waals surface area contributed by atoms with Crippen molar-refractivity contribution in [2.75, 3.05) is 28.2 Å². The highest BCUT2D eigenvalue weighted by Gasteiger charge is 2.14. The largest absolute Gasteiger partial charge is 0.345 e. The number of carbonyl (C=O) groups excluding carboxylic acids is 1. The highest BCUT2D eigenvalue weighted by Crippen LogP contribution is 2.32. The molecule has 2 N–H and O–H groups in total. The van der Waals surface area contributed by atoms with Gasteiger partial charge in [-0.2, -0.15) is 0 Å². The van der Waals surface area contributed by atoms with E-state index in [0.717, 1.165) is 27.7 Å². The SMILES string of the molecule is CN(c1ccc(Cl)cc1)c1cc(Cl)cc(NC(=O)c2cc3cc(NS(C)(=O)=O)ccc3s2)c1. The van der Waals surface area contributed by atoms with Crippen LogP contribution >= 0.6 is 34.5 Å². The molecule has 0 bridgehead atoms. The van der Waals surface area contributed by atoms with Crippen LogP contribution in [0.1, 0.15) is 9.67 Å². The van der Waals surface area contributed by atoms with Crippen molar-refractivity contribution in [2.24, 2.45) is 0 Å². The van der Waals surface area contributed by atoms with E-state index in [2.05, 4.69) is 10.0 Å². The first-order chi connectivity index (χ1) is 15.6. The number of nitrogens with zero attached hydrogens (tertiary/aromatic N) is 1. The summed E-state index contributed by atoms with van der Waals surface area (Å²) in [7, 11) is -1.49. The van der Waals surface area contributed by atoms with Gasteiger partial charge in [-0.15, -0.1) is 11.3 Å². The second-order valence-electron chi connectivity index (χ2n) is 7.43. The lowest BCUT2D eigenvalue weighted by atomic mass is 10.2. The monoisotopic (exact) mass is 519 g/mol. The number of thiophene rings is 1. The van der Waals surface area contributed by atoms with Gasteiger partial charge in [0.15, 0.2) is 0 Å². The number of benzene rings is 3. The predicted octanol–water partition coefficient (Wildman–Crippen LogP) is 6.60. The van der Waals surface area contributed by atoms with Gasteiger partial charge in [0.05, 0.1) is 11.1 Å². The molecule has 4 aromatic rings. The van der Waals surface area contributed by atoms with Gasteiger partial charge < -0.3 is 10.2 Å². The molecule has 1 amide bonds. The molecule has 1 aromatic heterocycles. The van der Waals surface area contributed by atoms with Crippen LogP contribution in [0.4, 0.5) is 22.7 Å². The Bertz CT molecular complexity index is 1450. The normalized spacial score (nSPS) is 11.4. The van der Waals surface area contributed by atoms with Gasteiger partial charge in [0.1, 0.15) is 0 Å². The molecule has 0 atom stereocenters. The average molecular weight is 520 g/mol. The summed E-state index contributed by atoms with van der Waals surface area (Å²) >= 11 is 13.6. The fourth-order valence-corrected chi connectivity index (χ4v) is 5.13. The average Bonchev–Trinajstić information content (AvgIpc) is 3.16. The molecule has 0 saturated heterocycles. The quantitative estimate of drug-likeness (QED) is 0.300. The molecule has 10 heteroatoms. The van der Waals surface area contributed by atoms with Gasteiger partial charge in [-0.05, 0) is 72.1 Å². The van der Waals surface area contributed by atoms with Gasteiger partial charge in [-0.25, -0.2) is 8.42 Å². The maximum atomic E-state index is 12.9. The number of hydrogen-bond donors (Lipinski definition) is 2. The Morgan fingerprint density at radius 1 is 0.879 bits per heavy atom. The lowest BCUT2D eigenvalue weighted by Crippen LogP contribution is -2.12. The number of carbonyl (C=O) groups is 1. The molecular weight excluding hydrogens is 501 g/mol. The van der Waals surface area contributed by atoms with Crippen molar-refractivity contribution in [1.82, 2.24) is 0 Å². The van der Waals surface area contributed by atoms with E-state index in [-0.39, 0.29) is 5.91 Å². The minimum absolute atomic E-state index is 0.281. The first-order valence-electron chi connectivity index (χ1n) is 9.70. The number of fused-ring (bicyclic) bond motifs is 1. The summed E-state index contributed by atoms with van der Waals surface area (Å²) in [6.45, 7) is 0. The van der Waals surface area contributed by atoms with Crippen molar-refractivity contribution in [3.8, 4) is 0 Å². The first kappa shape index (κ1) is 23.4. The Kier molecular flexibility index (Phi) is 6.54. The summed E-state index contributed by atoms with van der Waals surface area (Å²) in [5.41, 5.74) is 2.72. The summed E-state index contributed by atoms with van der Waals surface area (Å²) in [5, 5.41) is 4.80. The number of amides is 1. The molecule has 6 nitrogen and oxygen atoms in total. The van der Waals surface area contributed by atoms with Gasteiger partial charge in [0.25, 0.3) is 5.91 Å². The zero-order valence-electron chi connectivity index (χ0n) is 17.6. The molecule has 0 spiro atoms. The summed E-state index contributed by atoms with van der Waals surface area (Å²) in [6, 6.07) is 19.6. The van der Waals surface area contributed by atoms with Crippen LogP contribution in [0.2, 0.25) is 10.0 Å². The molecular formula is C23H19Cl2N3O3S2. The molecule has 4 rings (SSSR count). The smallest absolute Gasteiger partial charge is 0.265 e. The molecule has 0 saturated carbocycles. The van der Waals surface area contributed by atoms with Crippen LogP contribution in [0.3, 0.4) is 0 Å². The fourth-order valence-electron chi connectivity index (χ4n) is 3.28. The third-order valence-electron chi connectivity index (χ3n) is 4.78. The number of anilines is 4. The van der Waals surface area contributed by atoms with Crippen molar-refractivity contribution in [3.05, 3.63) is 81.7 Å². The van der Waals surface area contributed by atoms with E-state index in [1.54, 1.807) is 42.5 Å². The molecule has 1 heterocycles. The standard InChI is InChI=1S/C23H19Cl2N3O3S2/c1-28(19-6-3-15(24)4-7-19)20-12-16(25)11-18(13-20)26-23(29)22-10-14-9-17(27-33(2,30)31)5-8-21(14)32-22/h3-13,27H,1-2H3,(H,26,29). The Hall–Kier alpha value is -2.78. The van der Waals surface area contributed by atoms with Crippen molar-refractivity contribution in [3.63, 3.8) is 0 Å². The second kappa shape index (κ2) is 9.23.